The third kappa shape index (κ3) is 3.86. The maximum atomic E-state index is 8.63. The van der Waals surface area contributed by atoms with Gasteiger partial charge < -0.3 is 14.6 Å². The van der Waals surface area contributed by atoms with Crippen LogP contribution in [-0.2, 0) is 16.1 Å². The van der Waals surface area contributed by atoms with Gasteiger partial charge in [-0.1, -0.05) is 24.0 Å². The summed E-state index contributed by atoms with van der Waals surface area (Å²) in [7, 11) is 0. The van der Waals surface area contributed by atoms with Crippen molar-refractivity contribution in [2.45, 2.75) is 19.1 Å². The first-order valence-corrected chi connectivity index (χ1v) is 5.76. The van der Waals surface area contributed by atoms with Crippen LogP contribution in [-0.4, -0.2) is 31.0 Å². The Balaban J connectivity index is 1.91. The summed E-state index contributed by atoms with van der Waals surface area (Å²) in [6, 6.07) is 7.87. The van der Waals surface area contributed by atoms with Gasteiger partial charge in [0.1, 0.15) is 6.61 Å². The predicted octanol–water partition coefficient (Wildman–Crippen LogP) is 1.34. The molecule has 0 radical (unpaired) electrons. The van der Waals surface area contributed by atoms with Crippen molar-refractivity contribution in [1.82, 2.24) is 0 Å². The number of aliphatic hydroxyl groups excluding tert-OH is 1. The standard InChI is InChI=1S/C14H16O3/c15-7-2-5-12-3-1-4-13(9-12)10-17-14-6-8-16-11-14/h1,3-4,9,14-15H,6-8,10-11H2. The fraction of sp³-hybridized carbons (Fsp3) is 0.429. The number of benzene rings is 1. The molecule has 1 heterocycles. The van der Waals surface area contributed by atoms with Gasteiger partial charge in [0, 0.05) is 12.2 Å². The Morgan fingerprint density at radius 2 is 2.41 bits per heavy atom. The Bertz CT molecular complexity index is 411. The molecule has 1 atom stereocenters. The minimum absolute atomic E-state index is 0.111. The topological polar surface area (TPSA) is 38.7 Å². The van der Waals surface area contributed by atoms with Gasteiger partial charge in [-0.05, 0) is 24.1 Å². The molecule has 0 saturated carbocycles. The molecule has 3 nitrogen and oxygen atoms in total. The summed E-state index contributed by atoms with van der Waals surface area (Å²) < 4.78 is 11.0. The third-order valence-electron chi connectivity index (χ3n) is 2.61. The smallest absolute Gasteiger partial charge is 0.104 e. The number of rotatable bonds is 3. The molecule has 90 valence electrons. The van der Waals surface area contributed by atoms with Crippen LogP contribution in [0.3, 0.4) is 0 Å². The summed E-state index contributed by atoms with van der Waals surface area (Å²) in [5.74, 6) is 5.52. The molecule has 0 amide bonds. The minimum Gasteiger partial charge on any atom is -0.384 e. The molecule has 1 unspecified atom stereocenters. The lowest BCUT2D eigenvalue weighted by Crippen LogP contribution is -2.11. The molecule has 1 N–H and O–H groups in total. The van der Waals surface area contributed by atoms with Crippen LogP contribution < -0.4 is 0 Å². The van der Waals surface area contributed by atoms with Crippen LogP contribution in [0.4, 0.5) is 0 Å². The summed E-state index contributed by atoms with van der Waals surface area (Å²) in [5.41, 5.74) is 2.00. The zero-order valence-corrected chi connectivity index (χ0v) is 9.69. The van der Waals surface area contributed by atoms with E-state index in [0.29, 0.717) is 13.2 Å². The normalized spacial score (nSPS) is 18.8. The van der Waals surface area contributed by atoms with E-state index < -0.39 is 0 Å². The second-order valence-corrected chi connectivity index (χ2v) is 3.96. The van der Waals surface area contributed by atoms with Gasteiger partial charge in [-0.2, -0.15) is 0 Å². The Morgan fingerprint density at radius 1 is 1.47 bits per heavy atom. The van der Waals surface area contributed by atoms with Crippen LogP contribution in [0.15, 0.2) is 24.3 Å². The van der Waals surface area contributed by atoms with Crippen molar-refractivity contribution < 1.29 is 14.6 Å². The van der Waals surface area contributed by atoms with Crippen LogP contribution in [0.25, 0.3) is 0 Å². The molecule has 0 aliphatic carbocycles. The average Bonchev–Trinajstić information content (AvgIpc) is 2.87. The van der Waals surface area contributed by atoms with Gasteiger partial charge in [0.05, 0.1) is 19.3 Å². The third-order valence-corrected chi connectivity index (χ3v) is 2.61. The Labute approximate surface area is 101 Å². The maximum Gasteiger partial charge on any atom is 0.104 e. The zero-order chi connectivity index (χ0) is 11.9. The molecule has 1 aliphatic heterocycles. The second-order valence-electron chi connectivity index (χ2n) is 3.96. The quantitative estimate of drug-likeness (QED) is 0.799. The van der Waals surface area contributed by atoms with Crippen molar-refractivity contribution >= 4 is 0 Å². The van der Waals surface area contributed by atoms with Crippen molar-refractivity contribution in [3.05, 3.63) is 35.4 Å². The molecule has 1 fully saturated rings. The summed E-state index contributed by atoms with van der Waals surface area (Å²) in [6.07, 6.45) is 1.20. The van der Waals surface area contributed by atoms with Gasteiger partial charge in [0.25, 0.3) is 0 Å². The molecule has 2 rings (SSSR count). The van der Waals surface area contributed by atoms with E-state index in [-0.39, 0.29) is 12.7 Å². The number of aliphatic hydroxyl groups is 1. The van der Waals surface area contributed by atoms with Crippen molar-refractivity contribution in [3.63, 3.8) is 0 Å². The van der Waals surface area contributed by atoms with Gasteiger partial charge >= 0.3 is 0 Å². The van der Waals surface area contributed by atoms with Gasteiger partial charge in [0.2, 0.25) is 0 Å². The highest BCUT2D eigenvalue weighted by atomic mass is 16.5. The SMILES string of the molecule is OCC#Cc1cccc(COC2CCOC2)c1. The van der Waals surface area contributed by atoms with E-state index in [0.717, 1.165) is 24.2 Å². The van der Waals surface area contributed by atoms with Gasteiger partial charge in [0.15, 0.2) is 0 Å². The zero-order valence-electron chi connectivity index (χ0n) is 9.69. The highest BCUT2D eigenvalue weighted by Crippen LogP contribution is 2.12. The maximum absolute atomic E-state index is 8.63. The first kappa shape index (κ1) is 12.1. The molecular weight excluding hydrogens is 216 g/mol. The molecule has 17 heavy (non-hydrogen) atoms. The summed E-state index contributed by atoms with van der Waals surface area (Å²) in [5, 5.41) is 8.63. The monoisotopic (exact) mass is 232 g/mol. The van der Waals surface area contributed by atoms with Crippen molar-refractivity contribution in [3.8, 4) is 11.8 Å². The fourth-order valence-corrected chi connectivity index (χ4v) is 1.74. The average molecular weight is 232 g/mol. The molecule has 0 aromatic heterocycles. The van der Waals surface area contributed by atoms with Crippen molar-refractivity contribution in [2.75, 3.05) is 19.8 Å². The Kier molecular flexibility index (Phi) is 4.57. The van der Waals surface area contributed by atoms with E-state index in [1.807, 2.05) is 24.3 Å². The van der Waals surface area contributed by atoms with Crippen molar-refractivity contribution in [2.24, 2.45) is 0 Å². The van der Waals surface area contributed by atoms with Gasteiger partial charge in [-0.25, -0.2) is 0 Å². The van der Waals surface area contributed by atoms with E-state index in [4.69, 9.17) is 14.6 Å². The van der Waals surface area contributed by atoms with E-state index in [1.54, 1.807) is 0 Å². The molecule has 0 bridgehead atoms. The van der Waals surface area contributed by atoms with Gasteiger partial charge in [-0.15, -0.1) is 0 Å². The minimum atomic E-state index is -0.111. The first-order valence-electron chi connectivity index (χ1n) is 5.76. The predicted molar refractivity (Wildman–Crippen MR) is 64.4 cm³/mol. The molecular formula is C14H16O3. The molecule has 1 aromatic rings. The van der Waals surface area contributed by atoms with Crippen LogP contribution in [0.5, 0.6) is 0 Å². The molecule has 1 aliphatic rings. The summed E-state index contributed by atoms with van der Waals surface area (Å²) in [6.45, 7) is 1.97. The van der Waals surface area contributed by atoms with E-state index >= 15 is 0 Å². The lowest BCUT2D eigenvalue weighted by atomic mass is 10.1. The second kappa shape index (κ2) is 6.41. The van der Waals surface area contributed by atoms with E-state index in [1.165, 1.54) is 0 Å². The highest BCUT2D eigenvalue weighted by Gasteiger charge is 2.15. The van der Waals surface area contributed by atoms with Gasteiger partial charge in [-0.3, -0.25) is 0 Å². The highest BCUT2D eigenvalue weighted by molar-refractivity contribution is 5.36. The summed E-state index contributed by atoms with van der Waals surface area (Å²) >= 11 is 0. The van der Waals surface area contributed by atoms with E-state index in [2.05, 4.69) is 11.8 Å². The number of hydrogen-bond acceptors (Lipinski definition) is 3. The molecule has 1 saturated heterocycles. The van der Waals surface area contributed by atoms with E-state index in [9.17, 15) is 0 Å². The van der Waals surface area contributed by atoms with Crippen LogP contribution in [0.2, 0.25) is 0 Å². The van der Waals surface area contributed by atoms with Crippen LogP contribution in [0.1, 0.15) is 17.5 Å². The van der Waals surface area contributed by atoms with Crippen molar-refractivity contribution in [1.29, 1.82) is 0 Å². The molecule has 3 heteroatoms. The Morgan fingerprint density at radius 3 is 3.18 bits per heavy atom. The first-order chi connectivity index (χ1) is 8.38. The molecule has 1 aromatic carbocycles. The largest absolute Gasteiger partial charge is 0.384 e. The molecule has 0 spiro atoms. The fourth-order valence-electron chi connectivity index (χ4n) is 1.74. The number of hydrogen-bond donors (Lipinski definition) is 1. The number of ether oxygens (including phenoxy) is 2. The van der Waals surface area contributed by atoms with Crippen LogP contribution in [0, 0.1) is 11.8 Å². The van der Waals surface area contributed by atoms with Crippen LogP contribution >= 0.6 is 0 Å². The lowest BCUT2D eigenvalue weighted by Gasteiger charge is -2.09. The lowest BCUT2D eigenvalue weighted by molar-refractivity contribution is 0.0317. The Hall–Kier alpha value is -1.34. The summed E-state index contributed by atoms with van der Waals surface area (Å²) in [4.78, 5) is 0.